The molecule has 2 aromatic rings. The molecular weight excluding hydrogens is 577 g/mol. The van der Waals surface area contributed by atoms with Gasteiger partial charge in [0.05, 0.1) is 29.9 Å². The molecule has 2 fully saturated rings. The molecule has 8 nitrogen and oxygen atoms in total. The molecule has 230 valence electrons. The Labute approximate surface area is 259 Å². The second kappa shape index (κ2) is 14.8. The van der Waals surface area contributed by atoms with Gasteiger partial charge in [0.15, 0.2) is 0 Å². The molecule has 3 atom stereocenters. The van der Waals surface area contributed by atoms with Crippen LogP contribution < -0.4 is 10.1 Å². The van der Waals surface area contributed by atoms with Gasteiger partial charge in [0.1, 0.15) is 5.75 Å². The lowest BCUT2D eigenvalue weighted by molar-refractivity contribution is -0.136. The van der Waals surface area contributed by atoms with Gasteiger partial charge in [0, 0.05) is 50.3 Å². The normalized spacial score (nSPS) is 23.7. The van der Waals surface area contributed by atoms with Crippen LogP contribution in [0.4, 0.5) is 10.5 Å². The van der Waals surface area contributed by atoms with Crippen molar-refractivity contribution in [2.24, 2.45) is 17.3 Å². The van der Waals surface area contributed by atoms with E-state index in [0.717, 1.165) is 30.6 Å². The number of halogens is 2. The number of urea groups is 1. The molecule has 0 bridgehead atoms. The van der Waals surface area contributed by atoms with Crippen molar-refractivity contribution in [1.82, 2.24) is 9.80 Å². The highest BCUT2D eigenvalue weighted by atomic mass is 35.5. The van der Waals surface area contributed by atoms with Crippen molar-refractivity contribution < 1.29 is 24.2 Å². The van der Waals surface area contributed by atoms with E-state index in [1.807, 2.05) is 47.9 Å². The first-order chi connectivity index (χ1) is 20.1. The molecule has 0 aliphatic carbocycles. The number of amides is 3. The van der Waals surface area contributed by atoms with Gasteiger partial charge in [-0.1, -0.05) is 49.2 Å². The van der Waals surface area contributed by atoms with E-state index >= 15 is 0 Å². The van der Waals surface area contributed by atoms with Crippen LogP contribution in [-0.2, 0) is 16.0 Å². The first-order valence-corrected chi connectivity index (χ1v) is 15.5. The average Bonchev–Trinajstić information content (AvgIpc) is 2.97. The number of fused-ring (bicyclic) bond motifs is 1. The van der Waals surface area contributed by atoms with Gasteiger partial charge in [-0.25, -0.2) is 4.79 Å². The molecule has 0 spiro atoms. The third kappa shape index (κ3) is 8.75. The monoisotopic (exact) mass is 619 g/mol. The minimum Gasteiger partial charge on any atom is -0.497 e. The summed E-state index contributed by atoms with van der Waals surface area (Å²) in [6.07, 6.45) is 2.75. The Morgan fingerprint density at radius 2 is 1.86 bits per heavy atom. The van der Waals surface area contributed by atoms with Gasteiger partial charge in [-0.2, -0.15) is 0 Å². The molecule has 0 unspecified atom stereocenters. The molecule has 10 heteroatoms. The zero-order chi connectivity index (χ0) is 30.3. The molecule has 2 heterocycles. The second-order valence-corrected chi connectivity index (χ2v) is 13.0. The molecular formula is C32H43Cl2N3O5. The van der Waals surface area contributed by atoms with Gasteiger partial charge < -0.3 is 29.7 Å². The third-order valence-electron chi connectivity index (χ3n) is 8.60. The van der Waals surface area contributed by atoms with Gasteiger partial charge in [-0.05, 0) is 73.4 Å². The number of carbonyl (C=O) groups excluding carboxylic acids is 2. The summed E-state index contributed by atoms with van der Waals surface area (Å²) in [5.41, 5.74) is 1.19. The highest BCUT2D eigenvalue weighted by Crippen LogP contribution is 2.33. The van der Waals surface area contributed by atoms with Crippen molar-refractivity contribution >= 4 is 40.8 Å². The summed E-state index contributed by atoms with van der Waals surface area (Å²) >= 11 is 12.2. The number of anilines is 1. The molecule has 2 aromatic carbocycles. The first-order valence-electron chi connectivity index (χ1n) is 14.7. The van der Waals surface area contributed by atoms with Gasteiger partial charge in [0.2, 0.25) is 5.91 Å². The van der Waals surface area contributed by atoms with E-state index in [1.54, 1.807) is 25.3 Å². The van der Waals surface area contributed by atoms with Crippen LogP contribution >= 0.6 is 23.2 Å². The Bertz CT molecular complexity index is 1210. The highest BCUT2D eigenvalue weighted by Gasteiger charge is 2.36. The number of hydrogen-bond donors (Lipinski definition) is 2. The standard InChI is InChI=1S/C32H43Cl2N3O5/c1-32(2)21-42-16-4-5-24-19-37(31(40)35-25-8-11-27(33)28(34)18-25)15-13-23(24)17-30(39)36(20-29(32)38)14-12-22-6-9-26(41-3)10-7-22/h6-11,18,23-24,29,38H,4-5,12-17,19-21H2,1-3H3,(H,35,40)/t23-,24-,29-/m0/s1. The predicted molar refractivity (Wildman–Crippen MR) is 166 cm³/mol. The molecule has 42 heavy (non-hydrogen) atoms. The van der Waals surface area contributed by atoms with Crippen molar-refractivity contribution in [2.45, 2.75) is 52.1 Å². The fourth-order valence-corrected chi connectivity index (χ4v) is 6.00. The smallest absolute Gasteiger partial charge is 0.321 e. The number of nitrogens with zero attached hydrogens (tertiary/aromatic N) is 2. The molecule has 3 amide bonds. The number of aliphatic hydroxyl groups excluding tert-OH is 1. The minimum absolute atomic E-state index is 0.0437. The van der Waals surface area contributed by atoms with Crippen molar-refractivity contribution in [3.8, 4) is 5.75 Å². The van der Waals surface area contributed by atoms with Gasteiger partial charge in [0.25, 0.3) is 0 Å². The average molecular weight is 621 g/mol. The summed E-state index contributed by atoms with van der Waals surface area (Å²) in [5.74, 6) is 1.13. The zero-order valence-electron chi connectivity index (χ0n) is 24.8. The van der Waals surface area contributed by atoms with Crippen LogP contribution in [0.2, 0.25) is 10.0 Å². The molecule has 2 saturated heterocycles. The van der Waals surface area contributed by atoms with Crippen LogP contribution in [0, 0.1) is 17.3 Å². The van der Waals surface area contributed by atoms with E-state index in [9.17, 15) is 14.7 Å². The number of carbonyl (C=O) groups is 2. The number of likely N-dealkylation sites (tertiary alicyclic amines) is 1. The van der Waals surface area contributed by atoms with Crippen LogP contribution in [0.1, 0.15) is 45.1 Å². The molecule has 0 aromatic heterocycles. The van der Waals surface area contributed by atoms with Crippen LogP contribution in [0.3, 0.4) is 0 Å². The van der Waals surface area contributed by atoms with Crippen LogP contribution in [0.25, 0.3) is 0 Å². The summed E-state index contributed by atoms with van der Waals surface area (Å²) in [6, 6.07) is 12.7. The lowest BCUT2D eigenvalue weighted by Gasteiger charge is -2.39. The Kier molecular flexibility index (Phi) is 11.4. The first kappa shape index (κ1) is 32.4. The second-order valence-electron chi connectivity index (χ2n) is 12.2. The molecule has 4 rings (SSSR count). The van der Waals surface area contributed by atoms with Crippen molar-refractivity contribution in [1.29, 1.82) is 0 Å². The number of hydrogen-bond acceptors (Lipinski definition) is 5. The number of ether oxygens (including phenoxy) is 2. The van der Waals surface area contributed by atoms with E-state index < -0.39 is 11.5 Å². The maximum atomic E-state index is 13.8. The lowest BCUT2D eigenvalue weighted by Crippen LogP contribution is -2.48. The van der Waals surface area contributed by atoms with Crippen LogP contribution in [0.15, 0.2) is 42.5 Å². The van der Waals surface area contributed by atoms with E-state index in [2.05, 4.69) is 5.32 Å². The number of piperidine rings is 1. The van der Waals surface area contributed by atoms with E-state index in [0.29, 0.717) is 61.4 Å². The number of β-amino-alcohol motifs (C(OH)–C–C–N with tert-alkyl or cyclic N) is 1. The van der Waals surface area contributed by atoms with Crippen LogP contribution in [0.5, 0.6) is 5.75 Å². The summed E-state index contributed by atoms with van der Waals surface area (Å²) in [7, 11) is 1.64. The highest BCUT2D eigenvalue weighted by molar-refractivity contribution is 6.42. The number of nitrogens with one attached hydrogen (secondary N) is 1. The molecule has 2 aliphatic heterocycles. The van der Waals surface area contributed by atoms with Gasteiger partial charge in [-0.3, -0.25) is 4.79 Å². The third-order valence-corrected chi connectivity index (χ3v) is 9.34. The van der Waals surface area contributed by atoms with Crippen molar-refractivity contribution in [3.63, 3.8) is 0 Å². The number of benzene rings is 2. The molecule has 2 N–H and O–H groups in total. The lowest BCUT2D eigenvalue weighted by atomic mass is 9.80. The van der Waals surface area contributed by atoms with E-state index in [4.69, 9.17) is 32.7 Å². The maximum absolute atomic E-state index is 13.8. The maximum Gasteiger partial charge on any atom is 0.321 e. The van der Waals surface area contributed by atoms with Gasteiger partial charge in [-0.15, -0.1) is 0 Å². The summed E-state index contributed by atoms with van der Waals surface area (Å²) in [6.45, 7) is 6.81. The van der Waals surface area contributed by atoms with Gasteiger partial charge >= 0.3 is 6.03 Å². The fourth-order valence-electron chi connectivity index (χ4n) is 5.70. The predicted octanol–water partition coefficient (Wildman–Crippen LogP) is 6.13. The fraction of sp³-hybridized carbons (Fsp3) is 0.562. The number of rotatable bonds is 5. The minimum atomic E-state index is -0.721. The summed E-state index contributed by atoms with van der Waals surface area (Å²) in [5, 5.41) is 14.9. The quantitative estimate of drug-likeness (QED) is 0.420. The molecule has 0 saturated carbocycles. The Morgan fingerprint density at radius 3 is 2.57 bits per heavy atom. The van der Waals surface area contributed by atoms with Crippen molar-refractivity contribution in [3.05, 3.63) is 58.1 Å². The Balaban J connectivity index is 1.46. The SMILES string of the molecule is COc1ccc(CCN2C[C@H](O)C(C)(C)COCCC[C@H]3CN(C(=O)Nc4ccc(Cl)c(Cl)c4)CC[C@H]3CC2=O)cc1. The van der Waals surface area contributed by atoms with E-state index in [1.165, 1.54) is 0 Å². The number of aliphatic hydroxyl groups is 1. The molecule has 2 aliphatic rings. The molecule has 0 radical (unpaired) electrons. The van der Waals surface area contributed by atoms with Crippen molar-refractivity contribution in [2.75, 3.05) is 51.8 Å². The summed E-state index contributed by atoms with van der Waals surface area (Å²) < 4.78 is 11.3. The zero-order valence-corrected chi connectivity index (χ0v) is 26.3. The largest absolute Gasteiger partial charge is 0.497 e. The van der Waals surface area contributed by atoms with E-state index in [-0.39, 0.29) is 30.3 Å². The summed E-state index contributed by atoms with van der Waals surface area (Å²) in [4.78, 5) is 30.6. The number of methoxy groups -OCH3 is 1. The topological polar surface area (TPSA) is 91.3 Å². The Morgan fingerprint density at radius 1 is 1.10 bits per heavy atom. The Hall–Kier alpha value is -2.52. The van der Waals surface area contributed by atoms with Crippen LogP contribution in [-0.4, -0.2) is 79.5 Å².